The molecule has 1 saturated heterocycles. The number of methoxy groups -OCH3 is 1. The van der Waals surface area contributed by atoms with Crippen LogP contribution in [-0.4, -0.2) is 30.1 Å². The first kappa shape index (κ1) is 14.3. The molecule has 0 radical (unpaired) electrons. The Morgan fingerprint density at radius 3 is 2.84 bits per heavy atom. The van der Waals surface area contributed by atoms with Gasteiger partial charge in [-0.25, -0.2) is 4.98 Å². The number of ether oxygens (including phenoxy) is 1. The summed E-state index contributed by atoms with van der Waals surface area (Å²) in [7, 11) is 1.68. The molecule has 0 aliphatic carbocycles. The fourth-order valence-corrected chi connectivity index (χ4v) is 3.04. The van der Waals surface area contributed by atoms with Gasteiger partial charge in [-0.1, -0.05) is 20.3 Å². The van der Waals surface area contributed by atoms with Gasteiger partial charge in [-0.3, -0.25) is 4.90 Å². The summed E-state index contributed by atoms with van der Waals surface area (Å²) < 4.78 is 5.25. The number of likely N-dealkylation sites (tertiary alicyclic amines) is 1. The van der Waals surface area contributed by atoms with Gasteiger partial charge in [-0.05, 0) is 43.9 Å². The number of hydrogen-bond donors (Lipinski definition) is 0. The Hall–Kier alpha value is -1.09. The van der Waals surface area contributed by atoms with Crippen molar-refractivity contribution in [3.63, 3.8) is 0 Å². The number of hydrogen-bond acceptors (Lipinski definition) is 3. The molecule has 0 N–H and O–H groups in total. The van der Waals surface area contributed by atoms with Crippen LogP contribution in [-0.2, 0) is 0 Å². The van der Waals surface area contributed by atoms with Gasteiger partial charge < -0.3 is 4.74 Å². The molecular weight excluding hydrogens is 236 g/mol. The van der Waals surface area contributed by atoms with Gasteiger partial charge in [0.05, 0.1) is 7.11 Å². The second kappa shape index (κ2) is 6.38. The molecular formula is C16H26N2O. The highest BCUT2D eigenvalue weighted by Gasteiger charge is 2.25. The SMILES string of the molecule is COc1ncc([C@H]2CCCCN2CC(C)C)cc1C. The van der Waals surface area contributed by atoms with E-state index in [2.05, 4.69) is 36.7 Å². The molecule has 2 rings (SSSR count). The lowest BCUT2D eigenvalue weighted by atomic mass is 9.94. The molecule has 1 aromatic heterocycles. The van der Waals surface area contributed by atoms with Crippen LogP contribution in [0.3, 0.4) is 0 Å². The molecule has 1 atom stereocenters. The van der Waals surface area contributed by atoms with Crippen LogP contribution in [0.2, 0.25) is 0 Å². The van der Waals surface area contributed by atoms with Crippen molar-refractivity contribution in [3.05, 3.63) is 23.4 Å². The predicted molar refractivity (Wildman–Crippen MR) is 78.5 cm³/mol. The molecule has 1 aromatic rings. The van der Waals surface area contributed by atoms with Gasteiger partial charge in [0, 0.05) is 24.3 Å². The predicted octanol–water partition coefficient (Wildman–Crippen LogP) is 3.58. The van der Waals surface area contributed by atoms with Gasteiger partial charge in [0.2, 0.25) is 5.88 Å². The summed E-state index contributed by atoms with van der Waals surface area (Å²) in [5.41, 5.74) is 2.48. The summed E-state index contributed by atoms with van der Waals surface area (Å²) in [4.78, 5) is 7.06. The van der Waals surface area contributed by atoms with Crippen LogP contribution in [0, 0.1) is 12.8 Å². The topological polar surface area (TPSA) is 25.4 Å². The molecule has 1 aliphatic rings. The first-order valence-corrected chi connectivity index (χ1v) is 7.36. The second-order valence-electron chi connectivity index (χ2n) is 6.00. The van der Waals surface area contributed by atoms with Gasteiger partial charge >= 0.3 is 0 Å². The third kappa shape index (κ3) is 3.47. The van der Waals surface area contributed by atoms with E-state index in [4.69, 9.17) is 4.74 Å². The zero-order chi connectivity index (χ0) is 13.8. The highest BCUT2D eigenvalue weighted by Crippen LogP contribution is 2.32. The third-order valence-corrected chi connectivity index (χ3v) is 3.84. The number of aromatic nitrogens is 1. The van der Waals surface area contributed by atoms with Crippen molar-refractivity contribution in [1.82, 2.24) is 9.88 Å². The van der Waals surface area contributed by atoms with E-state index in [-0.39, 0.29) is 0 Å². The standard InChI is InChI=1S/C16H26N2O/c1-12(2)11-18-8-6-5-7-15(18)14-9-13(3)16(19-4)17-10-14/h9-10,12,15H,5-8,11H2,1-4H3/t15-/m1/s1. The van der Waals surface area contributed by atoms with Crippen molar-refractivity contribution in [2.45, 2.75) is 46.1 Å². The van der Waals surface area contributed by atoms with Gasteiger partial charge in [0.25, 0.3) is 0 Å². The monoisotopic (exact) mass is 262 g/mol. The van der Waals surface area contributed by atoms with Gasteiger partial charge in [-0.2, -0.15) is 0 Å². The number of pyridine rings is 1. The summed E-state index contributed by atoms with van der Waals surface area (Å²) in [5.74, 6) is 1.46. The molecule has 0 spiro atoms. The molecule has 106 valence electrons. The Kier molecular flexibility index (Phi) is 4.81. The lowest BCUT2D eigenvalue weighted by molar-refractivity contribution is 0.132. The van der Waals surface area contributed by atoms with E-state index >= 15 is 0 Å². The van der Waals surface area contributed by atoms with E-state index in [0.717, 1.165) is 11.4 Å². The van der Waals surface area contributed by atoms with Gasteiger partial charge in [0.15, 0.2) is 0 Å². The zero-order valence-electron chi connectivity index (χ0n) is 12.6. The van der Waals surface area contributed by atoms with E-state index in [1.54, 1.807) is 7.11 Å². The minimum absolute atomic E-state index is 0.535. The molecule has 0 bridgehead atoms. The summed E-state index contributed by atoms with van der Waals surface area (Å²) in [5, 5.41) is 0. The van der Waals surface area contributed by atoms with Crippen molar-refractivity contribution in [3.8, 4) is 5.88 Å². The van der Waals surface area contributed by atoms with Crippen LogP contribution in [0.25, 0.3) is 0 Å². The summed E-state index contributed by atoms with van der Waals surface area (Å²) in [6.07, 6.45) is 5.89. The van der Waals surface area contributed by atoms with E-state index < -0.39 is 0 Å². The average molecular weight is 262 g/mol. The van der Waals surface area contributed by atoms with Crippen LogP contribution >= 0.6 is 0 Å². The van der Waals surface area contributed by atoms with Crippen LogP contribution in [0.5, 0.6) is 5.88 Å². The smallest absolute Gasteiger partial charge is 0.215 e. The Bertz CT molecular complexity index is 417. The summed E-state index contributed by atoms with van der Waals surface area (Å²) in [6.45, 7) is 9.06. The molecule has 1 fully saturated rings. The van der Waals surface area contributed by atoms with Crippen LogP contribution in [0.15, 0.2) is 12.3 Å². The zero-order valence-corrected chi connectivity index (χ0v) is 12.6. The molecule has 0 unspecified atom stereocenters. The largest absolute Gasteiger partial charge is 0.481 e. The first-order valence-electron chi connectivity index (χ1n) is 7.36. The molecule has 0 saturated carbocycles. The lowest BCUT2D eigenvalue weighted by Gasteiger charge is -2.37. The van der Waals surface area contributed by atoms with E-state index in [1.165, 1.54) is 37.9 Å². The molecule has 0 aromatic carbocycles. The Balaban J connectivity index is 2.19. The van der Waals surface area contributed by atoms with Crippen LogP contribution < -0.4 is 4.74 Å². The van der Waals surface area contributed by atoms with Crippen molar-refractivity contribution in [1.29, 1.82) is 0 Å². The minimum atomic E-state index is 0.535. The highest BCUT2D eigenvalue weighted by molar-refractivity contribution is 5.30. The van der Waals surface area contributed by atoms with Crippen molar-refractivity contribution < 1.29 is 4.74 Å². The molecule has 3 heteroatoms. The number of aryl methyl sites for hydroxylation is 1. The van der Waals surface area contributed by atoms with E-state index in [0.29, 0.717) is 12.0 Å². The summed E-state index contributed by atoms with van der Waals surface area (Å²) >= 11 is 0. The number of piperidine rings is 1. The normalized spacial score (nSPS) is 20.8. The van der Waals surface area contributed by atoms with Crippen LogP contribution in [0.4, 0.5) is 0 Å². The molecule has 3 nitrogen and oxygen atoms in total. The second-order valence-corrected chi connectivity index (χ2v) is 6.00. The Morgan fingerprint density at radius 1 is 1.42 bits per heavy atom. The fraction of sp³-hybridized carbons (Fsp3) is 0.688. The van der Waals surface area contributed by atoms with Crippen molar-refractivity contribution in [2.24, 2.45) is 5.92 Å². The van der Waals surface area contributed by atoms with E-state index in [1.807, 2.05) is 6.20 Å². The molecule has 2 heterocycles. The average Bonchev–Trinajstić information content (AvgIpc) is 2.38. The van der Waals surface area contributed by atoms with Crippen molar-refractivity contribution >= 4 is 0 Å². The maximum absolute atomic E-state index is 5.25. The molecule has 19 heavy (non-hydrogen) atoms. The highest BCUT2D eigenvalue weighted by atomic mass is 16.5. The minimum Gasteiger partial charge on any atom is -0.481 e. The third-order valence-electron chi connectivity index (χ3n) is 3.84. The lowest BCUT2D eigenvalue weighted by Crippen LogP contribution is -2.36. The number of rotatable bonds is 4. The molecule has 0 amide bonds. The number of nitrogens with zero attached hydrogens (tertiary/aromatic N) is 2. The Morgan fingerprint density at radius 2 is 2.21 bits per heavy atom. The Labute approximate surface area is 117 Å². The van der Waals surface area contributed by atoms with Crippen molar-refractivity contribution in [2.75, 3.05) is 20.2 Å². The van der Waals surface area contributed by atoms with Gasteiger partial charge in [-0.15, -0.1) is 0 Å². The van der Waals surface area contributed by atoms with Crippen LogP contribution in [0.1, 0.15) is 50.3 Å². The fourth-order valence-electron chi connectivity index (χ4n) is 3.04. The first-order chi connectivity index (χ1) is 9.11. The van der Waals surface area contributed by atoms with E-state index in [9.17, 15) is 0 Å². The molecule has 1 aliphatic heterocycles. The maximum Gasteiger partial charge on any atom is 0.215 e. The van der Waals surface area contributed by atoms with Gasteiger partial charge in [0.1, 0.15) is 0 Å². The quantitative estimate of drug-likeness (QED) is 0.829. The maximum atomic E-state index is 5.25. The summed E-state index contributed by atoms with van der Waals surface area (Å²) in [6, 6.07) is 2.78.